The zero-order chi connectivity index (χ0) is 15.6. The molecule has 2 aromatic rings. The molecular weight excluding hydrogens is 355 g/mol. The first-order chi connectivity index (χ1) is 9.88. The molecule has 2 rings (SSSR count). The van der Waals surface area contributed by atoms with E-state index in [-0.39, 0.29) is 11.9 Å². The van der Waals surface area contributed by atoms with Crippen LogP contribution in [0.1, 0.15) is 18.5 Å². The highest BCUT2D eigenvalue weighted by molar-refractivity contribution is 9.10. The molecule has 0 saturated heterocycles. The Morgan fingerprint density at radius 1 is 1.19 bits per heavy atom. The van der Waals surface area contributed by atoms with Gasteiger partial charge >= 0.3 is 0 Å². The van der Waals surface area contributed by atoms with Gasteiger partial charge in [-0.3, -0.25) is 0 Å². The first kappa shape index (κ1) is 16.1. The van der Waals surface area contributed by atoms with Gasteiger partial charge in [-0.05, 0) is 42.8 Å². The van der Waals surface area contributed by atoms with Crippen LogP contribution in [0, 0.1) is 5.82 Å². The van der Waals surface area contributed by atoms with Gasteiger partial charge in [-0.2, -0.15) is 0 Å². The van der Waals surface area contributed by atoms with Crippen molar-refractivity contribution < 1.29 is 4.39 Å². The Morgan fingerprint density at radius 3 is 2.52 bits per heavy atom. The number of nitrogens with zero attached hydrogens (tertiary/aromatic N) is 1. The summed E-state index contributed by atoms with van der Waals surface area (Å²) in [5.74, 6) is -0.255. The maximum absolute atomic E-state index is 13.2. The van der Waals surface area contributed by atoms with Gasteiger partial charge in [-0.1, -0.05) is 33.6 Å². The Hall–Kier alpha value is -1.26. The van der Waals surface area contributed by atoms with Gasteiger partial charge in [0.05, 0.1) is 11.4 Å². The highest BCUT2D eigenvalue weighted by atomic mass is 79.9. The molecule has 5 heteroatoms. The standard InChI is InChI=1S/C16H17BrClFN2/c1-10(13-6-5-12(19)9-14(13)17)20-15-8-11(18)4-7-16(15)21(2)3/h4-10,20H,1-3H3. The molecule has 2 nitrogen and oxygen atoms in total. The van der Waals surface area contributed by atoms with Gasteiger partial charge in [0.2, 0.25) is 0 Å². The van der Waals surface area contributed by atoms with Crippen molar-refractivity contribution in [2.75, 3.05) is 24.3 Å². The van der Waals surface area contributed by atoms with Gasteiger partial charge in [-0.15, -0.1) is 0 Å². The summed E-state index contributed by atoms with van der Waals surface area (Å²) >= 11 is 9.49. The lowest BCUT2D eigenvalue weighted by molar-refractivity contribution is 0.625. The van der Waals surface area contributed by atoms with Crippen molar-refractivity contribution in [2.24, 2.45) is 0 Å². The lowest BCUT2D eigenvalue weighted by Crippen LogP contribution is -2.14. The highest BCUT2D eigenvalue weighted by Gasteiger charge is 2.13. The zero-order valence-corrected chi connectivity index (χ0v) is 14.5. The molecule has 0 radical (unpaired) electrons. The van der Waals surface area contributed by atoms with E-state index in [1.165, 1.54) is 12.1 Å². The fourth-order valence-electron chi connectivity index (χ4n) is 2.18. The maximum atomic E-state index is 13.2. The molecule has 0 aromatic heterocycles. The second-order valence-electron chi connectivity index (χ2n) is 5.09. The van der Waals surface area contributed by atoms with Crippen molar-refractivity contribution >= 4 is 38.9 Å². The minimum atomic E-state index is -0.255. The van der Waals surface area contributed by atoms with Crippen molar-refractivity contribution in [3.8, 4) is 0 Å². The van der Waals surface area contributed by atoms with Crippen LogP contribution in [0.3, 0.4) is 0 Å². The number of rotatable bonds is 4. The average Bonchev–Trinajstić information content (AvgIpc) is 2.37. The van der Waals surface area contributed by atoms with Crippen molar-refractivity contribution in [2.45, 2.75) is 13.0 Å². The van der Waals surface area contributed by atoms with E-state index in [2.05, 4.69) is 21.2 Å². The quantitative estimate of drug-likeness (QED) is 0.765. The predicted molar refractivity (Wildman–Crippen MR) is 91.9 cm³/mol. The molecule has 0 heterocycles. The van der Waals surface area contributed by atoms with Gasteiger partial charge in [0.15, 0.2) is 0 Å². The van der Waals surface area contributed by atoms with Gasteiger partial charge in [-0.25, -0.2) is 4.39 Å². The molecule has 2 aromatic carbocycles. The summed E-state index contributed by atoms with van der Waals surface area (Å²) in [6.07, 6.45) is 0. The Balaban J connectivity index is 2.31. The van der Waals surface area contributed by atoms with E-state index < -0.39 is 0 Å². The van der Waals surface area contributed by atoms with Crippen LogP contribution in [-0.2, 0) is 0 Å². The molecule has 0 aliphatic carbocycles. The molecule has 0 spiro atoms. The molecule has 0 aliphatic rings. The third kappa shape index (κ3) is 3.89. The molecule has 1 N–H and O–H groups in total. The Labute approximate surface area is 138 Å². The molecule has 0 bridgehead atoms. The minimum absolute atomic E-state index is 0.0112. The van der Waals surface area contributed by atoms with Gasteiger partial charge < -0.3 is 10.2 Å². The number of benzene rings is 2. The summed E-state index contributed by atoms with van der Waals surface area (Å²) in [5.41, 5.74) is 2.97. The van der Waals surface area contributed by atoms with Crippen LogP contribution in [0.25, 0.3) is 0 Å². The zero-order valence-electron chi connectivity index (χ0n) is 12.1. The fraction of sp³-hybridized carbons (Fsp3) is 0.250. The van der Waals surface area contributed by atoms with Crippen LogP contribution in [-0.4, -0.2) is 14.1 Å². The van der Waals surface area contributed by atoms with Crippen LogP contribution in [0.15, 0.2) is 40.9 Å². The van der Waals surface area contributed by atoms with E-state index in [1.54, 1.807) is 6.07 Å². The minimum Gasteiger partial charge on any atom is -0.377 e. The lowest BCUT2D eigenvalue weighted by Gasteiger charge is -2.23. The fourth-order valence-corrected chi connectivity index (χ4v) is 3.04. The second kappa shape index (κ2) is 6.67. The van der Waals surface area contributed by atoms with E-state index in [9.17, 15) is 4.39 Å². The van der Waals surface area contributed by atoms with E-state index in [0.29, 0.717) is 5.02 Å². The summed E-state index contributed by atoms with van der Waals surface area (Å²) in [5, 5.41) is 4.11. The summed E-state index contributed by atoms with van der Waals surface area (Å²) in [7, 11) is 3.96. The first-order valence-electron chi connectivity index (χ1n) is 6.57. The number of hydrogen-bond acceptors (Lipinski definition) is 2. The molecule has 0 saturated carbocycles. The normalized spacial score (nSPS) is 12.1. The molecule has 112 valence electrons. The Bertz CT molecular complexity index is 646. The molecule has 0 fully saturated rings. The number of halogens is 3. The van der Waals surface area contributed by atoms with Crippen LogP contribution < -0.4 is 10.2 Å². The lowest BCUT2D eigenvalue weighted by atomic mass is 10.1. The smallest absolute Gasteiger partial charge is 0.124 e. The van der Waals surface area contributed by atoms with Crippen molar-refractivity contribution in [3.63, 3.8) is 0 Å². The van der Waals surface area contributed by atoms with E-state index in [4.69, 9.17) is 11.6 Å². The van der Waals surface area contributed by atoms with Gasteiger partial charge in [0.1, 0.15) is 5.82 Å². The third-order valence-corrected chi connectivity index (χ3v) is 4.16. The van der Waals surface area contributed by atoms with Gasteiger partial charge in [0.25, 0.3) is 0 Å². The average molecular weight is 372 g/mol. The highest BCUT2D eigenvalue weighted by Crippen LogP contribution is 2.33. The first-order valence-corrected chi connectivity index (χ1v) is 7.74. The summed E-state index contributed by atoms with van der Waals surface area (Å²) in [4.78, 5) is 2.02. The summed E-state index contributed by atoms with van der Waals surface area (Å²) < 4.78 is 13.9. The van der Waals surface area contributed by atoms with Crippen LogP contribution in [0.2, 0.25) is 5.02 Å². The molecule has 1 atom stereocenters. The Kier molecular flexibility index (Phi) is 5.12. The summed E-state index contributed by atoms with van der Waals surface area (Å²) in [6, 6.07) is 10.4. The van der Waals surface area contributed by atoms with E-state index in [0.717, 1.165) is 21.4 Å². The van der Waals surface area contributed by atoms with E-state index >= 15 is 0 Å². The molecule has 0 aliphatic heterocycles. The molecule has 21 heavy (non-hydrogen) atoms. The van der Waals surface area contributed by atoms with Crippen molar-refractivity contribution in [1.29, 1.82) is 0 Å². The largest absolute Gasteiger partial charge is 0.377 e. The second-order valence-corrected chi connectivity index (χ2v) is 6.38. The Morgan fingerprint density at radius 2 is 1.90 bits per heavy atom. The SMILES string of the molecule is CC(Nc1cc(Cl)ccc1N(C)C)c1ccc(F)cc1Br. The maximum Gasteiger partial charge on any atom is 0.124 e. The predicted octanol–water partition coefficient (Wildman–Crippen LogP) is 5.48. The topological polar surface area (TPSA) is 15.3 Å². The van der Waals surface area contributed by atoms with Gasteiger partial charge in [0, 0.05) is 29.6 Å². The van der Waals surface area contributed by atoms with Crippen LogP contribution in [0.4, 0.5) is 15.8 Å². The van der Waals surface area contributed by atoms with Crippen molar-refractivity contribution in [3.05, 3.63) is 57.3 Å². The van der Waals surface area contributed by atoms with Crippen LogP contribution >= 0.6 is 27.5 Å². The molecule has 0 amide bonds. The third-order valence-electron chi connectivity index (χ3n) is 3.24. The van der Waals surface area contributed by atoms with Crippen molar-refractivity contribution in [1.82, 2.24) is 0 Å². The summed E-state index contributed by atoms with van der Waals surface area (Å²) in [6.45, 7) is 2.03. The number of hydrogen-bond donors (Lipinski definition) is 1. The van der Waals surface area contributed by atoms with Crippen LogP contribution in [0.5, 0.6) is 0 Å². The van der Waals surface area contributed by atoms with E-state index in [1.807, 2.05) is 44.1 Å². The molecular formula is C16H17BrClFN2. The monoisotopic (exact) mass is 370 g/mol. The number of anilines is 2. The molecule has 1 unspecified atom stereocenters. The number of nitrogens with one attached hydrogen (secondary N) is 1.